The lowest BCUT2D eigenvalue weighted by Gasteiger charge is -2.22. The molecule has 0 unspecified atom stereocenters. The van der Waals surface area contributed by atoms with Crippen molar-refractivity contribution in [1.82, 2.24) is 5.32 Å². The SMILES string of the molecule is O=[N+]([O-])c1cc(Cl)ccc1CNCCOC1CCCCC1. The highest BCUT2D eigenvalue weighted by atomic mass is 35.5. The van der Waals surface area contributed by atoms with E-state index in [1.165, 1.54) is 25.3 Å². The quantitative estimate of drug-likeness (QED) is 0.474. The van der Waals surface area contributed by atoms with Gasteiger partial charge in [0.1, 0.15) is 0 Å². The molecule has 1 N–H and O–H groups in total. The molecule has 1 fully saturated rings. The zero-order chi connectivity index (χ0) is 15.1. The summed E-state index contributed by atoms with van der Waals surface area (Å²) in [4.78, 5) is 10.6. The van der Waals surface area contributed by atoms with Crippen LogP contribution >= 0.6 is 11.6 Å². The number of nitro groups is 1. The first-order valence-corrected chi connectivity index (χ1v) is 7.80. The number of nitrogens with zero attached hydrogens (tertiary/aromatic N) is 1. The standard InChI is InChI=1S/C15H21ClN2O3/c16-13-7-6-12(15(10-13)18(19)20)11-17-8-9-21-14-4-2-1-3-5-14/h6-7,10,14,17H,1-5,8-9,11H2. The molecule has 1 saturated carbocycles. The van der Waals surface area contributed by atoms with Crippen LogP contribution in [-0.2, 0) is 11.3 Å². The van der Waals surface area contributed by atoms with Gasteiger partial charge in [0.05, 0.1) is 17.6 Å². The van der Waals surface area contributed by atoms with Crippen LogP contribution in [0.1, 0.15) is 37.7 Å². The van der Waals surface area contributed by atoms with Gasteiger partial charge in [0, 0.05) is 29.7 Å². The third-order valence-corrected chi connectivity index (χ3v) is 3.98. The van der Waals surface area contributed by atoms with Gasteiger partial charge in [0.15, 0.2) is 0 Å². The van der Waals surface area contributed by atoms with Crippen LogP contribution in [0.25, 0.3) is 0 Å². The van der Waals surface area contributed by atoms with Gasteiger partial charge in [0.25, 0.3) is 5.69 Å². The minimum Gasteiger partial charge on any atom is -0.377 e. The molecular weight excluding hydrogens is 292 g/mol. The molecule has 0 saturated heterocycles. The summed E-state index contributed by atoms with van der Waals surface area (Å²) in [5.74, 6) is 0. The highest BCUT2D eigenvalue weighted by Crippen LogP contribution is 2.23. The summed E-state index contributed by atoms with van der Waals surface area (Å²) in [6.07, 6.45) is 6.54. The average molecular weight is 313 g/mol. The molecule has 1 aromatic rings. The summed E-state index contributed by atoms with van der Waals surface area (Å²) in [6.45, 7) is 1.78. The zero-order valence-corrected chi connectivity index (χ0v) is 12.8. The highest BCUT2D eigenvalue weighted by Gasteiger charge is 2.15. The molecule has 0 atom stereocenters. The molecule has 5 nitrogen and oxygen atoms in total. The molecule has 6 heteroatoms. The molecule has 0 aromatic heterocycles. The number of benzene rings is 1. The Hall–Kier alpha value is -1.17. The lowest BCUT2D eigenvalue weighted by atomic mass is 9.98. The maximum atomic E-state index is 11.0. The van der Waals surface area contributed by atoms with Crippen LogP contribution in [-0.4, -0.2) is 24.2 Å². The normalized spacial score (nSPS) is 16.0. The van der Waals surface area contributed by atoms with Crippen LogP contribution in [0.2, 0.25) is 5.02 Å². The largest absolute Gasteiger partial charge is 0.377 e. The predicted molar refractivity (Wildman–Crippen MR) is 82.6 cm³/mol. The van der Waals surface area contributed by atoms with Crippen LogP contribution in [0, 0.1) is 10.1 Å². The van der Waals surface area contributed by atoms with Gasteiger partial charge < -0.3 is 10.1 Å². The second-order valence-electron chi connectivity index (χ2n) is 5.34. The Bertz CT molecular complexity index is 476. The van der Waals surface area contributed by atoms with E-state index in [2.05, 4.69) is 5.32 Å². The highest BCUT2D eigenvalue weighted by molar-refractivity contribution is 6.30. The Morgan fingerprint density at radius 1 is 1.33 bits per heavy atom. The molecule has 21 heavy (non-hydrogen) atoms. The Labute approximate surface area is 129 Å². The molecule has 0 amide bonds. The van der Waals surface area contributed by atoms with E-state index in [1.54, 1.807) is 12.1 Å². The fourth-order valence-corrected chi connectivity index (χ4v) is 2.78. The van der Waals surface area contributed by atoms with Crippen LogP contribution < -0.4 is 5.32 Å². The van der Waals surface area contributed by atoms with E-state index in [9.17, 15) is 10.1 Å². The second kappa shape index (κ2) is 8.32. The number of hydrogen-bond donors (Lipinski definition) is 1. The lowest BCUT2D eigenvalue weighted by molar-refractivity contribution is -0.385. The summed E-state index contributed by atoms with van der Waals surface area (Å²) in [5.41, 5.74) is 0.699. The van der Waals surface area contributed by atoms with Gasteiger partial charge in [-0.3, -0.25) is 10.1 Å². The van der Waals surface area contributed by atoms with Gasteiger partial charge in [0.2, 0.25) is 0 Å². The average Bonchev–Trinajstić information content (AvgIpc) is 2.49. The molecule has 1 aliphatic rings. The topological polar surface area (TPSA) is 64.4 Å². The first-order chi connectivity index (χ1) is 10.2. The van der Waals surface area contributed by atoms with Crippen molar-refractivity contribution < 1.29 is 9.66 Å². The van der Waals surface area contributed by atoms with E-state index in [0.29, 0.717) is 36.4 Å². The van der Waals surface area contributed by atoms with Gasteiger partial charge in [-0.15, -0.1) is 0 Å². The van der Waals surface area contributed by atoms with Crippen LogP contribution in [0.5, 0.6) is 0 Å². The third-order valence-electron chi connectivity index (χ3n) is 3.74. The zero-order valence-electron chi connectivity index (χ0n) is 12.0. The van der Waals surface area contributed by atoms with Crippen molar-refractivity contribution in [3.05, 3.63) is 38.9 Å². The van der Waals surface area contributed by atoms with E-state index < -0.39 is 4.92 Å². The van der Waals surface area contributed by atoms with Gasteiger partial charge in [-0.1, -0.05) is 30.9 Å². The van der Waals surface area contributed by atoms with Gasteiger partial charge >= 0.3 is 0 Å². The van der Waals surface area contributed by atoms with E-state index in [-0.39, 0.29) is 5.69 Å². The molecule has 0 aliphatic heterocycles. The van der Waals surface area contributed by atoms with Crippen molar-refractivity contribution in [3.8, 4) is 0 Å². The molecule has 0 spiro atoms. The predicted octanol–water partition coefficient (Wildman–Crippen LogP) is 3.69. The third kappa shape index (κ3) is 5.26. The molecule has 0 bridgehead atoms. The first kappa shape index (κ1) is 16.2. The first-order valence-electron chi connectivity index (χ1n) is 7.42. The smallest absolute Gasteiger partial charge is 0.275 e. The van der Waals surface area contributed by atoms with Crippen LogP contribution in [0.4, 0.5) is 5.69 Å². The van der Waals surface area contributed by atoms with E-state index in [4.69, 9.17) is 16.3 Å². The number of nitrogens with one attached hydrogen (secondary N) is 1. The Morgan fingerprint density at radius 3 is 2.81 bits per heavy atom. The van der Waals surface area contributed by atoms with Crippen LogP contribution in [0.3, 0.4) is 0 Å². The molecule has 2 rings (SSSR count). The number of halogens is 1. The van der Waals surface area contributed by atoms with E-state index >= 15 is 0 Å². The van der Waals surface area contributed by atoms with Crippen molar-refractivity contribution in [2.24, 2.45) is 0 Å². The fourth-order valence-electron chi connectivity index (χ4n) is 2.61. The lowest BCUT2D eigenvalue weighted by Crippen LogP contribution is -2.24. The summed E-state index contributed by atoms with van der Waals surface area (Å²) >= 11 is 5.79. The number of rotatable bonds is 7. The number of ether oxygens (including phenoxy) is 1. The molecule has 1 aromatic carbocycles. The van der Waals surface area contributed by atoms with Crippen molar-refractivity contribution in [2.75, 3.05) is 13.2 Å². The molecule has 0 heterocycles. The van der Waals surface area contributed by atoms with Crippen molar-refractivity contribution in [1.29, 1.82) is 0 Å². The second-order valence-corrected chi connectivity index (χ2v) is 5.77. The summed E-state index contributed by atoms with van der Waals surface area (Å²) in [7, 11) is 0. The minimum absolute atomic E-state index is 0.0585. The molecule has 1 aliphatic carbocycles. The van der Waals surface area contributed by atoms with Crippen molar-refractivity contribution >= 4 is 17.3 Å². The van der Waals surface area contributed by atoms with E-state index in [0.717, 1.165) is 12.8 Å². The maximum absolute atomic E-state index is 11.0. The minimum atomic E-state index is -0.401. The number of nitro benzene ring substituents is 1. The van der Waals surface area contributed by atoms with Gasteiger partial charge in [-0.2, -0.15) is 0 Å². The van der Waals surface area contributed by atoms with Crippen LogP contribution in [0.15, 0.2) is 18.2 Å². The maximum Gasteiger partial charge on any atom is 0.275 e. The monoisotopic (exact) mass is 312 g/mol. The van der Waals surface area contributed by atoms with Gasteiger partial charge in [-0.25, -0.2) is 0 Å². The Morgan fingerprint density at radius 2 is 2.10 bits per heavy atom. The summed E-state index contributed by atoms with van der Waals surface area (Å²) in [6, 6.07) is 4.75. The van der Waals surface area contributed by atoms with E-state index in [1.807, 2.05) is 0 Å². The Kier molecular flexibility index (Phi) is 6.42. The molecular formula is C15H21ClN2O3. The molecule has 0 radical (unpaired) electrons. The summed E-state index contributed by atoms with van der Waals surface area (Å²) < 4.78 is 5.80. The van der Waals surface area contributed by atoms with Gasteiger partial charge in [-0.05, 0) is 25.0 Å². The summed E-state index contributed by atoms with van der Waals surface area (Å²) in [5, 5.41) is 14.5. The number of hydrogen-bond acceptors (Lipinski definition) is 4. The Balaban J connectivity index is 1.72. The fraction of sp³-hybridized carbons (Fsp3) is 0.600. The molecule has 116 valence electrons. The van der Waals surface area contributed by atoms with Crippen molar-refractivity contribution in [2.45, 2.75) is 44.8 Å². The van der Waals surface area contributed by atoms with Crippen molar-refractivity contribution in [3.63, 3.8) is 0 Å².